The quantitative estimate of drug-likeness (QED) is 0.620. The van der Waals surface area contributed by atoms with E-state index in [1.165, 1.54) is 13.2 Å². The summed E-state index contributed by atoms with van der Waals surface area (Å²) in [5.74, 6) is -0.635. The van der Waals surface area contributed by atoms with Crippen LogP contribution >= 0.6 is 11.6 Å². The number of ether oxygens (including phenoxy) is 1. The Kier molecular flexibility index (Phi) is 6.32. The molecule has 0 radical (unpaired) electrons. The molecule has 1 rings (SSSR count). The molecule has 0 heterocycles. The second kappa shape index (κ2) is 7.76. The Bertz CT molecular complexity index is 463. The molecule has 1 amide bonds. The van der Waals surface area contributed by atoms with E-state index in [0.717, 1.165) is 13.0 Å². The average Bonchev–Trinajstić information content (AvgIpc) is 2.40. The molecular weight excluding hydrogens is 268 g/mol. The van der Waals surface area contributed by atoms with Crippen molar-refractivity contribution in [2.45, 2.75) is 12.8 Å². The first-order valence-corrected chi connectivity index (χ1v) is 6.28. The molecule has 0 aliphatic rings. The van der Waals surface area contributed by atoms with E-state index in [9.17, 15) is 9.59 Å². The van der Waals surface area contributed by atoms with Crippen molar-refractivity contribution in [2.75, 3.05) is 26.0 Å². The molecule has 5 nitrogen and oxygen atoms in total. The van der Waals surface area contributed by atoms with Crippen LogP contribution in [0, 0.1) is 0 Å². The van der Waals surface area contributed by atoms with Crippen LogP contribution in [0.3, 0.4) is 0 Å². The van der Waals surface area contributed by atoms with Crippen molar-refractivity contribution in [2.24, 2.45) is 0 Å². The van der Waals surface area contributed by atoms with Gasteiger partial charge in [0.15, 0.2) is 0 Å². The Hall–Kier alpha value is -1.59. The summed E-state index contributed by atoms with van der Waals surface area (Å²) in [4.78, 5) is 23.1. The Morgan fingerprint density at radius 1 is 1.37 bits per heavy atom. The minimum atomic E-state index is -0.531. The first kappa shape index (κ1) is 15.5. The van der Waals surface area contributed by atoms with E-state index in [2.05, 4.69) is 15.4 Å². The minimum Gasteiger partial charge on any atom is -0.465 e. The van der Waals surface area contributed by atoms with Gasteiger partial charge in [-0.1, -0.05) is 11.6 Å². The molecule has 0 saturated heterocycles. The lowest BCUT2D eigenvalue weighted by molar-refractivity contribution is -0.116. The third-order valence-corrected chi connectivity index (χ3v) is 2.82. The van der Waals surface area contributed by atoms with E-state index in [0.29, 0.717) is 17.1 Å². The average molecular weight is 285 g/mol. The number of carbonyl (C=O) groups excluding carboxylic acids is 2. The van der Waals surface area contributed by atoms with Crippen molar-refractivity contribution in [3.05, 3.63) is 28.8 Å². The fraction of sp³-hybridized carbons (Fsp3) is 0.385. The number of hydrogen-bond donors (Lipinski definition) is 2. The molecule has 104 valence electrons. The summed E-state index contributed by atoms with van der Waals surface area (Å²) in [7, 11) is 3.11. The van der Waals surface area contributed by atoms with Crippen LogP contribution in [0.1, 0.15) is 23.2 Å². The minimum absolute atomic E-state index is 0.103. The number of nitrogens with one attached hydrogen (secondary N) is 2. The lowest BCUT2D eigenvalue weighted by Gasteiger charge is -2.08. The van der Waals surface area contributed by atoms with E-state index >= 15 is 0 Å². The van der Waals surface area contributed by atoms with Gasteiger partial charge in [0.25, 0.3) is 0 Å². The zero-order valence-electron chi connectivity index (χ0n) is 11.0. The number of amides is 1. The van der Waals surface area contributed by atoms with Crippen LogP contribution in [0.25, 0.3) is 0 Å². The second-order valence-corrected chi connectivity index (χ2v) is 4.35. The lowest BCUT2D eigenvalue weighted by Crippen LogP contribution is -2.15. The van der Waals surface area contributed by atoms with Gasteiger partial charge < -0.3 is 15.4 Å². The number of esters is 1. The normalized spacial score (nSPS) is 10.1. The molecular formula is C13H17ClN2O3. The summed E-state index contributed by atoms with van der Waals surface area (Å²) in [6.07, 6.45) is 1.16. The summed E-state index contributed by atoms with van der Waals surface area (Å²) in [5, 5.41) is 5.97. The van der Waals surface area contributed by atoms with E-state index in [1.807, 2.05) is 7.05 Å². The lowest BCUT2D eigenvalue weighted by atomic mass is 10.2. The molecule has 0 aliphatic carbocycles. The van der Waals surface area contributed by atoms with Crippen molar-refractivity contribution in [1.29, 1.82) is 0 Å². The Balaban J connectivity index is 2.69. The monoisotopic (exact) mass is 284 g/mol. The molecule has 0 unspecified atom stereocenters. The number of hydrogen-bond acceptors (Lipinski definition) is 4. The Morgan fingerprint density at radius 3 is 2.74 bits per heavy atom. The fourth-order valence-corrected chi connectivity index (χ4v) is 1.71. The maximum Gasteiger partial charge on any atom is 0.339 e. The summed E-state index contributed by atoms with van der Waals surface area (Å²) >= 11 is 5.89. The van der Waals surface area contributed by atoms with E-state index in [4.69, 9.17) is 11.6 Å². The van der Waals surface area contributed by atoms with Crippen LogP contribution < -0.4 is 10.6 Å². The van der Waals surface area contributed by atoms with Gasteiger partial charge >= 0.3 is 5.97 Å². The van der Waals surface area contributed by atoms with Gasteiger partial charge in [-0.15, -0.1) is 0 Å². The van der Waals surface area contributed by atoms with Crippen LogP contribution in [-0.2, 0) is 9.53 Å². The summed E-state index contributed by atoms with van der Waals surface area (Å²) in [6, 6.07) is 4.70. The topological polar surface area (TPSA) is 67.4 Å². The maximum absolute atomic E-state index is 11.6. The van der Waals surface area contributed by atoms with E-state index in [1.54, 1.807) is 12.1 Å². The molecule has 0 spiro atoms. The fourth-order valence-electron chi connectivity index (χ4n) is 1.52. The zero-order chi connectivity index (χ0) is 14.3. The predicted molar refractivity (Wildman–Crippen MR) is 74.6 cm³/mol. The van der Waals surface area contributed by atoms with Crippen molar-refractivity contribution in [1.82, 2.24) is 5.32 Å². The molecule has 6 heteroatoms. The van der Waals surface area contributed by atoms with Crippen LogP contribution in [0.15, 0.2) is 18.2 Å². The highest BCUT2D eigenvalue weighted by molar-refractivity contribution is 6.33. The predicted octanol–water partition coefficient (Wildman–Crippen LogP) is 2.06. The smallest absolute Gasteiger partial charge is 0.339 e. The maximum atomic E-state index is 11.6. The van der Waals surface area contributed by atoms with Gasteiger partial charge in [-0.05, 0) is 38.2 Å². The molecule has 0 aliphatic heterocycles. The number of methoxy groups -OCH3 is 1. The van der Waals surface area contributed by atoms with Gasteiger partial charge in [-0.25, -0.2) is 4.79 Å². The van der Waals surface area contributed by atoms with Gasteiger partial charge in [-0.2, -0.15) is 0 Å². The number of halogens is 1. The van der Waals surface area contributed by atoms with Crippen LogP contribution in [0.4, 0.5) is 5.69 Å². The summed E-state index contributed by atoms with van der Waals surface area (Å²) in [6.45, 7) is 0.779. The molecule has 0 saturated carbocycles. The second-order valence-electron chi connectivity index (χ2n) is 3.94. The summed E-state index contributed by atoms with van der Waals surface area (Å²) in [5.41, 5.74) is 0.761. The number of carbonyl (C=O) groups is 2. The van der Waals surface area contributed by atoms with Crippen molar-refractivity contribution < 1.29 is 14.3 Å². The van der Waals surface area contributed by atoms with Crippen molar-refractivity contribution in [3.8, 4) is 0 Å². The van der Waals surface area contributed by atoms with Gasteiger partial charge in [-0.3, -0.25) is 4.79 Å². The highest BCUT2D eigenvalue weighted by atomic mass is 35.5. The first-order chi connectivity index (χ1) is 9.08. The zero-order valence-corrected chi connectivity index (χ0v) is 11.7. The van der Waals surface area contributed by atoms with E-state index < -0.39 is 5.97 Å². The van der Waals surface area contributed by atoms with Gasteiger partial charge in [0.05, 0.1) is 17.7 Å². The van der Waals surface area contributed by atoms with E-state index in [-0.39, 0.29) is 11.5 Å². The number of rotatable bonds is 6. The molecule has 2 N–H and O–H groups in total. The first-order valence-electron chi connectivity index (χ1n) is 5.90. The van der Waals surface area contributed by atoms with Crippen molar-refractivity contribution in [3.63, 3.8) is 0 Å². The Morgan fingerprint density at radius 2 is 2.11 bits per heavy atom. The number of anilines is 1. The van der Waals surface area contributed by atoms with Crippen LogP contribution in [-0.4, -0.2) is 32.6 Å². The highest BCUT2D eigenvalue weighted by Crippen LogP contribution is 2.21. The van der Waals surface area contributed by atoms with Gasteiger partial charge in [0.2, 0.25) is 5.91 Å². The third kappa shape index (κ3) is 4.89. The highest BCUT2D eigenvalue weighted by Gasteiger charge is 2.12. The molecule has 1 aromatic rings. The SMILES string of the molecule is CNCCCC(=O)Nc1ccc(Cl)c(C(=O)OC)c1. The Labute approximate surface area is 117 Å². The standard InChI is InChI=1S/C13H17ClN2O3/c1-15-7-3-4-12(17)16-9-5-6-11(14)10(8-9)13(18)19-2/h5-6,8,15H,3-4,7H2,1-2H3,(H,16,17). The van der Waals surface area contributed by atoms with Gasteiger partial charge in [0.1, 0.15) is 0 Å². The van der Waals surface area contributed by atoms with Gasteiger partial charge in [0, 0.05) is 12.1 Å². The van der Waals surface area contributed by atoms with Crippen molar-refractivity contribution >= 4 is 29.2 Å². The van der Waals surface area contributed by atoms with Crippen LogP contribution in [0.5, 0.6) is 0 Å². The number of benzene rings is 1. The molecule has 0 aromatic heterocycles. The third-order valence-electron chi connectivity index (χ3n) is 2.49. The molecule has 0 fully saturated rings. The molecule has 0 bridgehead atoms. The molecule has 0 atom stereocenters. The van der Waals surface area contributed by atoms with Crippen LogP contribution in [0.2, 0.25) is 5.02 Å². The largest absolute Gasteiger partial charge is 0.465 e. The summed E-state index contributed by atoms with van der Waals surface area (Å²) < 4.78 is 4.61. The molecule has 19 heavy (non-hydrogen) atoms. The molecule has 1 aromatic carbocycles.